The highest BCUT2D eigenvalue weighted by Crippen LogP contribution is 2.25. The third-order valence-electron chi connectivity index (χ3n) is 4.13. The van der Waals surface area contributed by atoms with Crippen LogP contribution in [-0.2, 0) is 12.8 Å². The molecule has 1 aliphatic carbocycles. The molecule has 1 amide bonds. The van der Waals surface area contributed by atoms with E-state index in [1.807, 2.05) is 37.3 Å². The van der Waals surface area contributed by atoms with Crippen LogP contribution in [0.2, 0.25) is 5.02 Å². The topological polar surface area (TPSA) is 29.1 Å². The van der Waals surface area contributed by atoms with Crippen LogP contribution in [-0.4, -0.2) is 5.91 Å². The number of halogens is 1. The van der Waals surface area contributed by atoms with Gasteiger partial charge in [0.15, 0.2) is 0 Å². The van der Waals surface area contributed by atoms with Gasteiger partial charge in [0, 0.05) is 16.3 Å². The van der Waals surface area contributed by atoms with Crippen LogP contribution >= 0.6 is 11.6 Å². The minimum absolute atomic E-state index is 0.0752. The first-order valence-corrected chi connectivity index (χ1v) is 7.71. The smallest absolute Gasteiger partial charge is 0.255 e. The number of nitrogens with one attached hydrogen (secondary N) is 1. The summed E-state index contributed by atoms with van der Waals surface area (Å²) in [6.07, 6.45) is 4.67. The van der Waals surface area contributed by atoms with Gasteiger partial charge < -0.3 is 5.32 Å². The van der Waals surface area contributed by atoms with Crippen LogP contribution < -0.4 is 5.32 Å². The van der Waals surface area contributed by atoms with Gasteiger partial charge in [0.2, 0.25) is 0 Å². The van der Waals surface area contributed by atoms with E-state index in [2.05, 4.69) is 11.4 Å². The van der Waals surface area contributed by atoms with Crippen LogP contribution in [0.1, 0.15) is 39.9 Å². The molecule has 21 heavy (non-hydrogen) atoms. The van der Waals surface area contributed by atoms with E-state index in [4.69, 9.17) is 11.6 Å². The van der Waals surface area contributed by atoms with Gasteiger partial charge >= 0.3 is 0 Å². The zero-order valence-corrected chi connectivity index (χ0v) is 12.8. The largest absolute Gasteiger partial charge is 0.322 e. The van der Waals surface area contributed by atoms with Gasteiger partial charge in [0.05, 0.1) is 0 Å². The van der Waals surface area contributed by atoms with Crippen LogP contribution in [0, 0.1) is 6.92 Å². The first-order valence-electron chi connectivity index (χ1n) is 7.33. The molecule has 0 atom stereocenters. The summed E-state index contributed by atoms with van der Waals surface area (Å²) >= 11 is 6.09. The zero-order valence-electron chi connectivity index (χ0n) is 12.1. The van der Waals surface area contributed by atoms with Crippen molar-refractivity contribution in [1.82, 2.24) is 0 Å². The number of benzene rings is 2. The van der Waals surface area contributed by atoms with Crippen molar-refractivity contribution in [3.8, 4) is 0 Å². The number of fused-ring (bicyclic) bond motifs is 1. The Hall–Kier alpha value is -1.80. The van der Waals surface area contributed by atoms with E-state index in [-0.39, 0.29) is 5.91 Å². The fraction of sp³-hybridized carbons (Fsp3) is 0.278. The molecule has 0 heterocycles. The Morgan fingerprint density at radius 3 is 2.67 bits per heavy atom. The van der Waals surface area contributed by atoms with E-state index in [0.717, 1.165) is 29.7 Å². The molecule has 0 aromatic heterocycles. The summed E-state index contributed by atoms with van der Waals surface area (Å²) in [6, 6.07) is 11.6. The second kappa shape index (κ2) is 5.90. The van der Waals surface area contributed by atoms with Crippen molar-refractivity contribution in [1.29, 1.82) is 0 Å². The molecule has 1 aliphatic rings. The van der Waals surface area contributed by atoms with Crippen LogP contribution in [0.4, 0.5) is 5.69 Å². The number of hydrogen-bond donors (Lipinski definition) is 1. The number of aryl methyl sites for hydroxylation is 2. The van der Waals surface area contributed by atoms with Gasteiger partial charge in [0.25, 0.3) is 5.91 Å². The normalized spacial score (nSPS) is 13.6. The molecule has 0 bridgehead atoms. The Labute approximate surface area is 130 Å². The third kappa shape index (κ3) is 2.96. The Balaban J connectivity index is 1.84. The van der Waals surface area contributed by atoms with E-state index in [0.29, 0.717) is 5.02 Å². The minimum Gasteiger partial charge on any atom is -0.322 e. The van der Waals surface area contributed by atoms with Gasteiger partial charge in [0.1, 0.15) is 0 Å². The van der Waals surface area contributed by atoms with Crippen molar-refractivity contribution in [2.45, 2.75) is 32.6 Å². The number of carbonyl (C=O) groups excluding carboxylic acids is 1. The molecule has 0 aliphatic heterocycles. The number of rotatable bonds is 2. The summed E-state index contributed by atoms with van der Waals surface area (Å²) in [7, 11) is 0. The number of carbonyl (C=O) groups is 1. The van der Waals surface area contributed by atoms with Gasteiger partial charge in [-0.15, -0.1) is 0 Å². The number of amides is 1. The molecule has 0 unspecified atom stereocenters. The predicted molar refractivity (Wildman–Crippen MR) is 87.2 cm³/mol. The average molecular weight is 300 g/mol. The van der Waals surface area contributed by atoms with Gasteiger partial charge in [-0.25, -0.2) is 0 Å². The summed E-state index contributed by atoms with van der Waals surface area (Å²) in [5, 5.41) is 3.62. The Morgan fingerprint density at radius 1 is 1.10 bits per heavy atom. The fourth-order valence-electron chi connectivity index (χ4n) is 2.81. The second-order valence-corrected chi connectivity index (χ2v) is 5.96. The molecule has 1 N–H and O–H groups in total. The van der Waals surface area contributed by atoms with Crippen molar-refractivity contribution in [3.63, 3.8) is 0 Å². The van der Waals surface area contributed by atoms with E-state index in [9.17, 15) is 4.79 Å². The first kappa shape index (κ1) is 14.2. The average Bonchev–Trinajstić information content (AvgIpc) is 2.51. The SMILES string of the molecule is Cc1c(Cl)cccc1NC(=O)c1ccc2c(c1)CCCC2. The minimum atomic E-state index is -0.0752. The van der Waals surface area contributed by atoms with Gasteiger partial charge in [-0.05, 0) is 73.6 Å². The van der Waals surface area contributed by atoms with Crippen molar-refractivity contribution < 1.29 is 4.79 Å². The Kier molecular flexibility index (Phi) is 3.98. The molecule has 0 radical (unpaired) electrons. The van der Waals surface area contributed by atoms with Crippen LogP contribution in [0.5, 0.6) is 0 Å². The molecule has 2 nitrogen and oxygen atoms in total. The lowest BCUT2D eigenvalue weighted by Crippen LogP contribution is -2.14. The molecule has 3 rings (SSSR count). The fourth-order valence-corrected chi connectivity index (χ4v) is 2.99. The summed E-state index contributed by atoms with van der Waals surface area (Å²) in [5.74, 6) is -0.0752. The quantitative estimate of drug-likeness (QED) is 0.849. The highest BCUT2D eigenvalue weighted by Gasteiger charge is 2.14. The monoisotopic (exact) mass is 299 g/mol. The van der Waals surface area contributed by atoms with E-state index in [1.165, 1.54) is 24.0 Å². The molecule has 0 fully saturated rings. The summed E-state index contributed by atoms with van der Waals surface area (Å²) in [6.45, 7) is 1.91. The summed E-state index contributed by atoms with van der Waals surface area (Å²) < 4.78 is 0. The lowest BCUT2D eigenvalue weighted by Gasteiger charge is -2.16. The Morgan fingerprint density at radius 2 is 1.86 bits per heavy atom. The lowest BCUT2D eigenvalue weighted by molar-refractivity contribution is 0.102. The Bertz CT molecular complexity index is 694. The van der Waals surface area contributed by atoms with Gasteiger partial charge in [-0.1, -0.05) is 23.7 Å². The molecular weight excluding hydrogens is 282 g/mol. The molecule has 108 valence electrons. The first-order chi connectivity index (χ1) is 10.1. The number of anilines is 1. The highest BCUT2D eigenvalue weighted by atomic mass is 35.5. The molecular formula is C18H18ClNO. The maximum absolute atomic E-state index is 12.4. The van der Waals surface area contributed by atoms with Crippen LogP contribution in [0.25, 0.3) is 0 Å². The molecule has 2 aromatic rings. The van der Waals surface area contributed by atoms with Crippen molar-refractivity contribution >= 4 is 23.2 Å². The maximum atomic E-state index is 12.4. The van der Waals surface area contributed by atoms with E-state index < -0.39 is 0 Å². The van der Waals surface area contributed by atoms with Gasteiger partial charge in [-0.3, -0.25) is 4.79 Å². The predicted octanol–water partition coefficient (Wildman–Crippen LogP) is 4.78. The van der Waals surface area contributed by atoms with Crippen LogP contribution in [0.15, 0.2) is 36.4 Å². The van der Waals surface area contributed by atoms with Crippen molar-refractivity contribution in [2.75, 3.05) is 5.32 Å². The second-order valence-electron chi connectivity index (χ2n) is 5.56. The van der Waals surface area contributed by atoms with E-state index >= 15 is 0 Å². The summed E-state index contributed by atoms with van der Waals surface area (Å²) in [4.78, 5) is 12.4. The zero-order chi connectivity index (χ0) is 14.8. The molecule has 0 saturated heterocycles. The third-order valence-corrected chi connectivity index (χ3v) is 4.54. The van der Waals surface area contributed by atoms with Crippen molar-refractivity contribution in [3.05, 3.63) is 63.7 Å². The van der Waals surface area contributed by atoms with Crippen LogP contribution in [0.3, 0.4) is 0 Å². The standard InChI is InChI=1S/C18H18ClNO/c1-12-16(19)7-4-8-17(12)20-18(21)15-10-9-13-5-2-3-6-14(13)11-15/h4,7-11H,2-3,5-6H2,1H3,(H,20,21). The molecule has 0 saturated carbocycles. The molecule has 3 heteroatoms. The lowest BCUT2D eigenvalue weighted by atomic mass is 9.90. The molecule has 0 spiro atoms. The van der Waals surface area contributed by atoms with Crippen molar-refractivity contribution in [2.24, 2.45) is 0 Å². The van der Waals surface area contributed by atoms with E-state index in [1.54, 1.807) is 0 Å². The summed E-state index contributed by atoms with van der Waals surface area (Å²) in [5.41, 5.74) is 5.08. The maximum Gasteiger partial charge on any atom is 0.255 e. The number of hydrogen-bond acceptors (Lipinski definition) is 1. The molecule has 2 aromatic carbocycles. The van der Waals surface area contributed by atoms with Gasteiger partial charge in [-0.2, -0.15) is 0 Å². The highest BCUT2D eigenvalue weighted by molar-refractivity contribution is 6.31.